The first-order valence-electron chi connectivity index (χ1n) is 4.46. The van der Waals surface area contributed by atoms with Crippen molar-refractivity contribution >= 4 is 29.7 Å². The fraction of sp³-hybridized carbons (Fsp3) is 0.0833. The Bertz CT molecular complexity index is 377. The number of hydrogen-bond donors (Lipinski definition) is 1. The number of aliphatic carboxylic acids is 1. The molecule has 2 nitrogen and oxygen atoms in total. The van der Waals surface area contributed by atoms with Gasteiger partial charge in [-0.05, 0) is 17.2 Å². The predicted octanol–water partition coefficient (Wildman–Crippen LogP) is 3.04. The number of alkyl halides is 1. The van der Waals surface area contributed by atoms with E-state index in [1.165, 1.54) is 0 Å². The van der Waals surface area contributed by atoms with Gasteiger partial charge >= 0.3 is 5.97 Å². The topological polar surface area (TPSA) is 37.3 Å². The third-order valence-corrected chi connectivity index (χ3v) is 1.93. The molecule has 0 fully saturated rings. The highest BCUT2D eigenvalue weighted by molar-refractivity contribution is 6.19. The molecular weight excluding hydrogens is 212 g/mol. The number of benzene rings is 1. The second-order valence-electron chi connectivity index (χ2n) is 2.89. The van der Waals surface area contributed by atoms with Gasteiger partial charge in [-0.25, -0.2) is 4.79 Å². The molecule has 0 amide bonds. The van der Waals surface area contributed by atoms with Crippen molar-refractivity contribution in [2.45, 2.75) is 0 Å². The summed E-state index contributed by atoms with van der Waals surface area (Å²) in [4.78, 5) is 10.3. The van der Waals surface area contributed by atoms with Gasteiger partial charge in [0.1, 0.15) is 0 Å². The van der Waals surface area contributed by atoms with Gasteiger partial charge in [0.25, 0.3) is 0 Å². The van der Waals surface area contributed by atoms with Crippen LogP contribution in [0.1, 0.15) is 11.1 Å². The Balaban J connectivity index is 2.72. The summed E-state index contributed by atoms with van der Waals surface area (Å²) in [5.74, 6) is -0.457. The quantitative estimate of drug-likeness (QED) is 0.628. The minimum atomic E-state index is -0.943. The molecule has 0 aliphatic carbocycles. The van der Waals surface area contributed by atoms with E-state index in [2.05, 4.69) is 0 Å². The van der Waals surface area contributed by atoms with Crippen molar-refractivity contribution in [2.24, 2.45) is 0 Å². The molecule has 0 aliphatic heterocycles. The van der Waals surface area contributed by atoms with E-state index >= 15 is 0 Å². The Morgan fingerprint density at radius 1 is 1.20 bits per heavy atom. The summed E-state index contributed by atoms with van der Waals surface area (Å²) in [5, 5.41) is 8.43. The number of hydrogen-bond acceptors (Lipinski definition) is 1. The van der Waals surface area contributed by atoms with Crippen molar-refractivity contribution in [3.63, 3.8) is 0 Å². The third-order valence-electron chi connectivity index (χ3n) is 1.75. The number of halogens is 1. The van der Waals surface area contributed by atoms with Crippen molar-refractivity contribution in [3.8, 4) is 0 Å². The minimum absolute atomic E-state index is 0.487. The van der Waals surface area contributed by atoms with Crippen LogP contribution in [0, 0.1) is 0 Å². The summed E-state index contributed by atoms with van der Waals surface area (Å²) in [6.07, 6.45) is 6.43. The molecular formula is C12H11ClO2. The van der Waals surface area contributed by atoms with E-state index in [1.807, 2.05) is 36.4 Å². The van der Waals surface area contributed by atoms with E-state index in [1.54, 1.807) is 6.08 Å². The van der Waals surface area contributed by atoms with Crippen LogP contribution in [0.2, 0.25) is 0 Å². The molecule has 0 atom stereocenters. The van der Waals surface area contributed by atoms with Crippen LogP contribution in [0.15, 0.2) is 36.4 Å². The standard InChI is InChI=1S/C12H11ClO2/c13-9-1-2-10-3-5-11(6-4-10)7-8-12(14)15/h1-8H,9H2,(H,14,15)/b2-1?,8-7+. The molecule has 0 spiro atoms. The molecule has 0 unspecified atom stereocenters. The lowest BCUT2D eigenvalue weighted by Gasteiger charge is -1.94. The monoisotopic (exact) mass is 222 g/mol. The maximum Gasteiger partial charge on any atom is 0.328 e. The van der Waals surface area contributed by atoms with Gasteiger partial charge in [0.05, 0.1) is 0 Å². The van der Waals surface area contributed by atoms with Gasteiger partial charge < -0.3 is 5.11 Å². The summed E-state index contributed by atoms with van der Waals surface area (Å²) in [5.41, 5.74) is 1.91. The van der Waals surface area contributed by atoms with Gasteiger partial charge in [-0.2, -0.15) is 0 Å². The lowest BCUT2D eigenvalue weighted by Crippen LogP contribution is -1.85. The number of carboxylic acids is 1. The van der Waals surface area contributed by atoms with Gasteiger partial charge in [-0.1, -0.05) is 36.4 Å². The van der Waals surface area contributed by atoms with Crippen LogP contribution in [-0.2, 0) is 4.79 Å². The van der Waals surface area contributed by atoms with Gasteiger partial charge in [0.15, 0.2) is 0 Å². The molecule has 1 rings (SSSR count). The van der Waals surface area contributed by atoms with Crippen LogP contribution in [0.3, 0.4) is 0 Å². The molecule has 0 radical (unpaired) electrons. The van der Waals surface area contributed by atoms with E-state index in [4.69, 9.17) is 16.7 Å². The molecule has 0 aromatic heterocycles. The largest absolute Gasteiger partial charge is 0.478 e. The molecule has 0 heterocycles. The van der Waals surface area contributed by atoms with E-state index in [9.17, 15) is 4.79 Å². The molecule has 3 heteroatoms. The summed E-state index contributed by atoms with van der Waals surface area (Å²) in [7, 11) is 0. The summed E-state index contributed by atoms with van der Waals surface area (Å²) < 4.78 is 0. The summed E-state index contributed by atoms with van der Waals surface area (Å²) >= 11 is 5.50. The van der Waals surface area contributed by atoms with Crippen LogP contribution < -0.4 is 0 Å². The van der Waals surface area contributed by atoms with Crippen molar-refractivity contribution in [1.29, 1.82) is 0 Å². The molecule has 0 saturated carbocycles. The number of carbonyl (C=O) groups is 1. The first-order valence-corrected chi connectivity index (χ1v) is 4.99. The smallest absolute Gasteiger partial charge is 0.328 e. The Kier molecular flexibility index (Phi) is 4.64. The van der Waals surface area contributed by atoms with E-state index in [0.717, 1.165) is 17.2 Å². The Morgan fingerprint density at radius 3 is 2.20 bits per heavy atom. The lowest BCUT2D eigenvalue weighted by atomic mass is 10.1. The van der Waals surface area contributed by atoms with Crippen LogP contribution in [-0.4, -0.2) is 17.0 Å². The zero-order chi connectivity index (χ0) is 11.1. The average molecular weight is 223 g/mol. The Morgan fingerprint density at radius 2 is 1.73 bits per heavy atom. The highest BCUT2D eigenvalue weighted by atomic mass is 35.5. The van der Waals surface area contributed by atoms with Gasteiger partial charge in [0, 0.05) is 12.0 Å². The zero-order valence-corrected chi connectivity index (χ0v) is 8.82. The highest BCUT2D eigenvalue weighted by Gasteiger charge is 1.90. The fourth-order valence-electron chi connectivity index (χ4n) is 1.07. The van der Waals surface area contributed by atoms with E-state index in [-0.39, 0.29) is 0 Å². The maximum atomic E-state index is 10.3. The first-order chi connectivity index (χ1) is 7.22. The van der Waals surface area contributed by atoms with E-state index < -0.39 is 5.97 Å². The highest BCUT2D eigenvalue weighted by Crippen LogP contribution is 2.07. The number of allylic oxidation sites excluding steroid dienone is 1. The van der Waals surface area contributed by atoms with E-state index in [0.29, 0.717) is 5.88 Å². The van der Waals surface area contributed by atoms with Crippen molar-refractivity contribution in [1.82, 2.24) is 0 Å². The zero-order valence-electron chi connectivity index (χ0n) is 8.06. The second kappa shape index (κ2) is 6.04. The van der Waals surface area contributed by atoms with Crippen molar-refractivity contribution in [2.75, 3.05) is 5.88 Å². The lowest BCUT2D eigenvalue weighted by molar-refractivity contribution is -0.131. The molecule has 0 saturated heterocycles. The molecule has 15 heavy (non-hydrogen) atoms. The van der Waals surface area contributed by atoms with Crippen molar-refractivity contribution < 1.29 is 9.90 Å². The minimum Gasteiger partial charge on any atom is -0.478 e. The van der Waals surface area contributed by atoms with Crippen LogP contribution in [0.4, 0.5) is 0 Å². The molecule has 1 N–H and O–H groups in total. The Hall–Kier alpha value is -1.54. The van der Waals surface area contributed by atoms with Crippen LogP contribution >= 0.6 is 11.6 Å². The second-order valence-corrected chi connectivity index (χ2v) is 3.20. The van der Waals surface area contributed by atoms with Crippen LogP contribution in [0.25, 0.3) is 12.2 Å². The molecule has 78 valence electrons. The third kappa shape index (κ3) is 4.47. The maximum absolute atomic E-state index is 10.3. The number of carboxylic acid groups (broad SMARTS) is 1. The predicted molar refractivity (Wildman–Crippen MR) is 62.9 cm³/mol. The van der Waals surface area contributed by atoms with Gasteiger partial charge in [-0.15, -0.1) is 11.6 Å². The molecule has 1 aromatic rings. The fourth-order valence-corrected chi connectivity index (χ4v) is 1.16. The van der Waals surface area contributed by atoms with Gasteiger partial charge in [0.2, 0.25) is 0 Å². The van der Waals surface area contributed by atoms with Crippen molar-refractivity contribution in [3.05, 3.63) is 47.5 Å². The first kappa shape index (κ1) is 11.5. The average Bonchev–Trinajstić information content (AvgIpc) is 2.25. The van der Waals surface area contributed by atoms with Gasteiger partial charge in [-0.3, -0.25) is 0 Å². The molecule has 0 aliphatic rings. The Labute approximate surface area is 93.5 Å². The molecule has 0 bridgehead atoms. The SMILES string of the molecule is O=C(O)/C=C/c1ccc(C=CCCl)cc1. The molecule has 1 aromatic carbocycles. The summed E-state index contributed by atoms with van der Waals surface area (Å²) in [6, 6.07) is 7.52. The summed E-state index contributed by atoms with van der Waals surface area (Å²) in [6.45, 7) is 0. The van der Waals surface area contributed by atoms with Crippen LogP contribution in [0.5, 0.6) is 0 Å². The normalized spacial score (nSPS) is 11.3. The number of rotatable bonds is 4.